The molecule has 1 unspecified atom stereocenters. The monoisotopic (exact) mass is 312 g/mol. The Morgan fingerprint density at radius 3 is 2.52 bits per heavy atom. The van der Waals surface area contributed by atoms with Crippen molar-refractivity contribution in [3.05, 3.63) is 66.1 Å². The minimum absolute atomic E-state index is 0.300. The Labute approximate surface area is 133 Å². The van der Waals surface area contributed by atoms with E-state index in [-0.39, 0.29) is 0 Å². The van der Waals surface area contributed by atoms with Crippen molar-refractivity contribution in [1.29, 1.82) is 0 Å². The zero-order chi connectivity index (χ0) is 16.7. The molecule has 1 aromatic heterocycles. The highest BCUT2D eigenvalue weighted by molar-refractivity contribution is 6.02. The van der Waals surface area contributed by atoms with Crippen molar-refractivity contribution in [1.82, 2.24) is 10.2 Å². The zero-order valence-corrected chi connectivity index (χ0v) is 12.5. The first-order valence-corrected chi connectivity index (χ1v) is 6.92. The molecule has 0 saturated carbocycles. The first-order valence-electron chi connectivity index (χ1n) is 6.92. The van der Waals surface area contributed by atoms with E-state index in [4.69, 9.17) is 4.42 Å². The normalized spacial score (nSPS) is 11.9. The van der Waals surface area contributed by atoms with Crippen LogP contribution in [-0.2, 0) is 9.59 Å². The van der Waals surface area contributed by atoms with Gasteiger partial charge in [-0.1, -0.05) is 30.3 Å². The van der Waals surface area contributed by atoms with E-state index in [1.807, 2.05) is 30.3 Å². The van der Waals surface area contributed by atoms with Gasteiger partial charge in [0.1, 0.15) is 18.1 Å². The third-order valence-corrected chi connectivity index (χ3v) is 3.12. The summed E-state index contributed by atoms with van der Waals surface area (Å²) in [6, 6.07) is 10.8. The molecule has 3 amide bonds. The summed E-state index contributed by atoms with van der Waals surface area (Å²) in [5.41, 5.74) is 0.844. The van der Waals surface area contributed by atoms with Gasteiger partial charge in [0, 0.05) is 13.1 Å². The van der Waals surface area contributed by atoms with Crippen molar-refractivity contribution in [2.24, 2.45) is 0 Å². The standard InChI is InChI=1S/C17H16N2O4/c1-19(16(21)10-9-13-6-3-2-4-7-13)17(22)18-14(12-20)15-8-5-11-23-15/h2-12,14H,1H3,(H,18,22). The van der Waals surface area contributed by atoms with Gasteiger partial charge in [-0.05, 0) is 23.8 Å². The highest BCUT2D eigenvalue weighted by atomic mass is 16.3. The second-order valence-electron chi connectivity index (χ2n) is 4.72. The van der Waals surface area contributed by atoms with Crippen molar-refractivity contribution in [3.8, 4) is 0 Å². The number of aldehydes is 1. The van der Waals surface area contributed by atoms with Crippen LogP contribution >= 0.6 is 0 Å². The summed E-state index contributed by atoms with van der Waals surface area (Å²) in [6.45, 7) is 0. The molecule has 0 saturated heterocycles. The lowest BCUT2D eigenvalue weighted by molar-refractivity contribution is -0.122. The van der Waals surface area contributed by atoms with Gasteiger partial charge in [-0.15, -0.1) is 0 Å². The maximum absolute atomic E-state index is 12.0. The highest BCUT2D eigenvalue weighted by Gasteiger charge is 2.21. The SMILES string of the molecule is CN(C(=O)C=Cc1ccccc1)C(=O)NC(C=O)c1ccco1. The predicted octanol–water partition coefficient (Wildman–Crippen LogP) is 2.40. The number of benzene rings is 1. The molecule has 0 spiro atoms. The maximum atomic E-state index is 12.0. The summed E-state index contributed by atoms with van der Waals surface area (Å²) in [5, 5.41) is 2.42. The van der Waals surface area contributed by atoms with Crippen LogP contribution in [0, 0.1) is 0 Å². The third-order valence-electron chi connectivity index (χ3n) is 3.12. The molecule has 2 aromatic rings. The van der Waals surface area contributed by atoms with E-state index in [0.29, 0.717) is 12.0 Å². The number of likely N-dealkylation sites (N-methyl/N-ethyl adjacent to an activating group) is 1. The molecule has 6 nitrogen and oxygen atoms in total. The summed E-state index contributed by atoms with van der Waals surface area (Å²) >= 11 is 0. The van der Waals surface area contributed by atoms with Gasteiger partial charge in [-0.2, -0.15) is 0 Å². The number of hydrogen-bond donors (Lipinski definition) is 1. The lowest BCUT2D eigenvalue weighted by Gasteiger charge is -2.17. The van der Waals surface area contributed by atoms with Crippen LogP contribution in [0.15, 0.2) is 59.2 Å². The molecule has 0 aliphatic rings. The van der Waals surface area contributed by atoms with Gasteiger partial charge in [0.2, 0.25) is 0 Å². The van der Waals surface area contributed by atoms with E-state index >= 15 is 0 Å². The highest BCUT2D eigenvalue weighted by Crippen LogP contribution is 2.11. The van der Waals surface area contributed by atoms with E-state index in [0.717, 1.165) is 10.5 Å². The molecular weight excluding hydrogens is 296 g/mol. The van der Waals surface area contributed by atoms with Crippen molar-refractivity contribution in [2.75, 3.05) is 7.05 Å². The number of nitrogens with zero attached hydrogens (tertiary/aromatic N) is 1. The number of furan rings is 1. The minimum atomic E-state index is -0.939. The van der Waals surface area contributed by atoms with E-state index in [2.05, 4.69) is 5.32 Å². The number of rotatable bonds is 5. The molecule has 0 fully saturated rings. The largest absolute Gasteiger partial charge is 0.467 e. The Bertz CT molecular complexity index is 693. The van der Waals surface area contributed by atoms with Gasteiger partial charge < -0.3 is 14.5 Å². The van der Waals surface area contributed by atoms with Crippen LogP contribution in [-0.4, -0.2) is 30.2 Å². The predicted molar refractivity (Wildman–Crippen MR) is 84.3 cm³/mol. The van der Waals surface area contributed by atoms with E-state index in [1.165, 1.54) is 19.4 Å². The van der Waals surface area contributed by atoms with E-state index in [9.17, 15) is 14.4 Å². The molecule has 1 aromatic carbocycles. The van der Waals surface area contributed by atoms with Gasteiger partial charge in [0.15, 0.2) is 0 Å². The zero-order valence-electron chi connectivity index (χ0n) is 12.5. The molecule has 0 aliphatic heterocycles. The molecule has 23 heavy (non-hydrogen) atoms. The lowest BCUT2D eigenvalue weighted by Crippen LogP contribution is -2.42. The molecule has 118 valence electrons. The Morgan fingerprint density at radius 2 is 1.91 bits per heavy atom. The second-order valence-corrected chi connectivity index (χ2v) is 4.72. The molecule has 0 radical (unpaired) electrons. The first-order chi connectivity index (χ1) is 11.1. The van der Waals surface area contributed by atoms with Crippen molar-refractivity contribution in [2.45, 2.75) is 6.04 Å². The Morgan fingerprint density at radius 1 is 1.17 bits per heavy atom. The van der Waals surface area contributed by atoms with Crippen molar-refractivity contribution < 1.29 is 18.8 Å². The number of hydrogen-bond acceptors (Lipinski definition) is 4. The average Bonchev–Trinajstić information content (AvgIpc) is 3.11. The van der Waals surface area contributed by atoms with Gasteiger partial charge in [-0.3, -0.25) is 9.69 Å². The smallest absolute Gasteiger partial charge is 0.325 e. The summed E-state index contributed by atoms with van der Waals surface area (Å²) in [5.74, 6) is -0.204. The number of urea groups is 1. The molecule has 1 atom stereocenters. The first kappa shape index (κ1) is 16.2. The number of imide groups is 1. The van der Waals surface area contributed by atoms with Crippen LogP contribution in [0.2, 0.25) is 0 Å². The fraction of sp³-hybridized carbons (Fsp3) is 0.118. The molecular formula is C17H16N2O4. The van der Waals surface area contributed by atoms with Crippen LogP contribution in [0.1, 0.15) is 17.4 Å². The molecule has 6 heteroatoms. The summed E-state index contributed by atoms with van der Waals surface area (Å²) in [7, 11) is 1.33. The van der Waals surface area contributed by atoms with Gasteiger partial charge in [0.05, 0.1) is 6.26 Å². The van der Waals surface area contributed by atoms with Gasteiger partial charge >= 0.3 is 6.03 Å². The van der Waals surface area contributed by atoms with Crippen molar-refractivity contribution >= 4 is 24.3 Å². The Balaban J connectivity index is 1.97. The van der Waals surface area contributed by atoms with Gasteiger partial charge in [0.25, 0.3) is 5.91 Å². The van der Waals surface area contributed by atoms with Crippen LogP contribution in [0.3, 0.4) is 0 Å². The lowest BCUT2D eigenvalue weighted by atomic mass is 10.2. The number of carbonyl (C=O) groups is 3. The minimum Gasteiger partial charge on any atom is -0.467 e. The quantitative estimate of drug-likeness (QED) is 0.679. The van der Waals surface area contributed by atoms with Crippen LogP contribution < -0.4 is 5.32 Å². The fourth-order valence-corrected chi connectivity index (χ4v) is 1.81. The van der Waals surface area contributed by atoms with Crippen LogP contribution in [0.25, 0.3) is 6.08 Å². The topological polar surface area (TPSA) is 79.6 Å². The van der Waals surface area contributed by atoms with Gasteiger partial charge in [-0.25, -0.2) is 4.79 Å². The fourth-order valence-electron chi connectivity index (χ4n) is 1.81. The third kappa shape index (κ3) is 4.41. The Hall–Kier alpha value is -3.15. The molecule has 1 N–H and O–H groups in total. The van der Waals surface area contributed by atoms with Crippen LogP contribution in [0.5, 0.6) is 0 Å². The number of carbonyl (C=O) groups excluding carboxylic acids is 3. The summed E-state index contributed by atoms with van der Waals surface area (Å²) < 4.78 is 5.07. The molecule has 1 heterocycles. The molecule has 0 bridgehead atoms. The van der Waals surface area contributed by atoms with Crippen LogP contribution in [0.4, 0.5) is 4.79 Å². The molecule has 2 rings (SSSR count). The van der Waals surface area contributed by atoms with E-state index < -0.39 is 18.0 Å². The van der Waals surface area contributed by atoms with Crippen molar-refractivity contribution in [3.63, 3.8) is 0 Å². The number of amides is 3. The average molecular weight is 312 g/mol. The van der Waals surface area contributed by atoms with E-state index in [1.54, 1.807) is 18.2 Å². The summed E-state index contributed by atoms with van der Waals surface area (Å²) in [4.78, 5) is 35.9. The molecule has 0 aliphatic carbocycles. The Kier molecular flexibility index (Phi) is 5.46. The number of nitrogens with one attached hydrogen (secondary N) is 1. The summed E-state index contributed by atoms with van der Waals surface area (Å²) in [6.07, 6.45) is 4.83. The second kappa shape index (κ2) is 7.74. The maximum Gasteiger partial charge on any atom is 0.325 e.